The van der Waals surface area contributed by atoms with E-state index in [-0.39, 0.29) is 16.8 Å². The molecule has 0 aliphatic heterocycles. The fourth-order valence-electron chi connectivity index (χ4n) is 8.35. The minimum Gasteiger partial charge on any atom is -0.322 e. The van der Waals surface area contributed by atoms with Crippen molar-refractivity contribution in [2.45, 2.75) is 56.3 Å². The Morgan fingerprint density at radius 1 is 0.714 bits per heavy atom. The second kappa shape index (κ2) is 12.2. The summed E-state index contributed by atoms with van der Waals surface area (Å²) in [6.45, 7) is 0. The Labute approximate surface area is 278 Å². The molecule has 4 saturated carbocycles. The van der Waals surface area contributed by atoms with Crippen molar-refractivity contribution in [2.24, 2.45) is 17.8 Å². The van der Waals surface area contributed by atoms with Crippen molar-refractivity contribution in [2.75, 3.05) is 10.6 Å². The van der Waals surface area contributed by atoms with Gasteiger partial charge in [0.25, 0.3) is 11.8 Å². The van der Waals surface area contributed by atoms with Crippen LogP contribution in [-0.4, -0.2) is 21.6 Å². The summed E-state index contributed by atoms with van der Waals surface area (Å²) in [6.07, 6.45) is -0.0756. The van der Waals surface area contributed by atoms with E-state index in [1.54, 1.807) is 10.9 Å². The standard InChI is InChI=1S/C37H32F6N4O2/c38-36(39,40)26-6-4-8-28(16-26)44-33(48)31(34(49)45-29-9-5-7-27(17-29)37(41,42)43)15-25-21-47(30-10-2-1-3-11-30)46-32(25)35-18-22-12-23(19-35)14-24(13-22)20-35/h1-11,15-17,21-24H,12-14,18-20H2,(H,44,48)(H,45,49). The van der Waals surface area contributed by atoms with Crippen molar-refractivity contribution in [3.8, 4) is 5.69 Å². The van der Waals surface area contributed by atoms with E-state index in [0.29, 0.717) is 23.3 Å². The number of nitrogens with zero attached hydrogens (tertiary/aromatic N) is 2. The number of rotatable bonds is 7. The Bertz CT molecular complexity index is 1820. The number of hydrogen-bond donors (Lipinski definition) is 2. The molecule has 4 fully saturated rings. The molecule has 2 N–H and O–H groups in total. The highest BCUT2D eigenvalue weighted by atomic mass is 19.4. The number of carbonyl (C=O) groups is 2. The summed E-state index contributed by atoms with van der Waals surface area (Å²) in [5.74, 6) is -0.450. The quantitative estimate of drug-likeness (QED) is 0.0887. The van der Waals surface area contributed by atoms with Gasteiger partial charge in [0, 0.05) is 28.6 Å². The van der Waals surface area contributed by atoms with Crippen molar-refractivity contribution in [1.82, 2.24) is 9.78 Å². The van der Waals surface area contributed by atoms with Crippen LogP contribution in [0.1, 0.15) is 60.9 Å². The van der Waals surface area contributed by atoms with E-state index in [1.807, 2.05) is 30.3 Å². The number of halogens is 6. The fourth-order valence-corrected chi connectivity index (χ4v) is 8.35. The Balaban J connectivity index is 1.32. The van der Waals surface area contributed by atoms with E-state index < -0.39 is 40.9 Å². The zero-order valence-electron chi connectivity index (χ0n) is 26.1. The molecular formula is C37H32F6N4O2. The van der Waals surface area contributed by atoms with Gasteiger partial charge in [0.15, 0.2) is 0 Å². The molecule has 4 aromatic rings. The summed E-state index contributed by atoms with van der Waals surface area (Å²) >= 11 is 0. The predicted molar refractivity (Wildman–Crippen MR) is 172 cm³/mol. The predicted octanol–water partition coefficient (Wildman–Crippen LogP) is 9.04. The van der Waals surface area contributed by atoms with Crippen molar-refractivity contribution < 1.29 is 35.9 Å². The molecular weight excluding hydrogens is 646 g/mol. The summed E-state index contributed by atoms with van der Waals surface area (Å²) in [4.78, 5) is 27.7. The number of para-hydroxylation sites is 1. The van der Waals surface area contributed by atoms with E-state index in [2.05, 4.69) is 10.6 Å². The van der Waals surface area contributed by atoms with Gasteiger partial charge in [-0.05, 0) is 111 Å². The largest absolute Gasteiger partial charge is 0.416 e. The minimum absolute atomic E-state index is 0.209. The summed E-state index contributed by atoms with van der Waals surface area (Å²) < 4.78 is 82.4. The van der Waals surface area contributed by atoms with Crippen molar-refractivity contribution >= 4 is 29.3 Å². The summed E-state index contributed by atoms with van der Waals surface area (Å²) in [5.41, 5.74) is -1.26. The van der Waals surface area contributed by atoms with E-state index >= 15 is 0 Å². The second-order valence-electron chi connectivity index (χ2n) is 13.5. The summed E-state index contributed by atoms with van der Waals surface area (Å²) in [5, 5.41) is 9.84. The molecule has 0 unspecified atom stereocenters. The molecule has 254 valence electrons. The van der Waals surface area contributed by atoms with Crippen LogP contribution in [0.25, 0.3) is 11.8 Å². The van der Waals surface area contributed by atoms with Gasteiger partial charge in [0.2, 0.25) is 0 Å². The number of carbonyl (C=O) groups excluding carboxylic acids is 2. The molecule has 4 aliphatic carbocycles. The van der Waals surface area contributed by atoms with Gasteiger partial charge in [-0.15, -0.1) is 0 Å². The van der Waals surface area contributed by atoms with Gasteiger partial charge in [-0.1, -0.05) is 30.3 Å². The molecule has 4 bridgehead atoms. The Morgan fingerprint density at radius 2 is 1.20 bits per heavy atom. The monoisotopic (exact) mass is 678 g/mol. The van der Waals surface area contributed by atoms with Gasteiger partial charge < -0.3 is 10.6 Å². The Morgan fingerprint density at radius 3 is 1.67 bits per heavy atom. The minimum atomic E-state index is -4.68. The molecule has 3 aromatic carbocycles. The summed E-state index contributed by atoms with van der Waals surface area (Å²) in [7, 11) is 0. The van der Waals surface area contributed by atoms with Crippen LogP contribution in [-0.2, 0) is 27.4 Å². The lowest BCUT2D eigenvalue weighted by Gasteiger charge is -2.56. The van der Waals surface area contributed by atoms with Crippen LogP contribution >= 0.6 is 0 Å². The number of aromatic nitrogens is 2. The maximum Gasteiger partial charge on any atom is 0.416 e. The molecule has 1 aromatic heterocycles. The number of benzene rings is 3. The number of hydrogen-bond acceptors (Lipinski definition) is 3. The molecule has 49 heavy (non-hydrogen) atoms. The maximum absolute atomic E-state index is 13.8. The first-order chi connectivity index (χ1) is 23.3. The SMILES string of the molecule is O=C(Nc1cccc(C(F)(F)F)c1)C(=Cc1cn(-c2ccccc2)nc1C12CC3CC(CC(C3)C1)C2)C(=O)Nc1cccc(C(F)(F)F)c1. The second-order valence-corrected chi connectivity index (χ2v) is 13.5. The van der Waals surface area contributed by atoms with Crippen LogP contribution in [0.2, 0.25) is 0 Å². The van der Waals surface area contributed by atoms with Crippen LogP contribution in [0.15, 0.2) is 90.6 Å². The highest BCUT2D eigenvalue weighted by Gasteiger charge is 2.53. The maximum atomic E-state index is 13.8. The molecule has 2 amide bonds. The van der Waals surface area contributed by atoms with Crippen LogP contribution in [0.5, 0.6) is 0 Å². The van der Waals surface area contributed by atoms with Gasteiger partial charge in [-0.2, -0.15) is 31.4 Å². The first-order valence-electron chi connectivity index (χ1n) is 16.1. The topological polar surface area (TPSA) is 76.0 Å². The van der Waals surface area contributed by atoms with Crippen molar-refractivity contribution in [3.63, 3.8) is 0 Å². The zero-order chi connectivity index (χ0) is 34.6. The Hall–Kier alpha value is -4.87. The third-order valence-electron chi connectivity index (χ3n) is 9.99. The number of alkyl halides is 6. The average molecular weight is 679 g/mol. The highest BCUT2D eigenvalue weighted by Crippen LogP contribution is 2.61. The molecule has 0 atom stereocenters. The van der Waals surface area contributed by atoms with Gasteiger partial charge in [-0.3, -0.25) is 9.59 Å². The number of amides is 2. The van der Waals surface area contributed by atoms with Crippen LogP contribution in [0.3, 0.4) is 0 Å². The lowest BCUT2D eigenvalue weighted by atomic mass is 9.48. The molecule has 4 aliphatic rings. The van der Waals surface area contributed by atoms with E-state index in [4.69, 9.17) is 5.10 Å². The first-order valence-corrected chi connectivity index (χ1v) is 16.1. The molecule has 12 heteroatoms. The van der Waals surface area contributed by atoms with Gasteiger partial charge in [0.1, 0.15) is 5.57 Å². The smallest absolute Gasteiger partial charge is 0.322 e. The molecule has 0 radical (unpaired) electrons. The number of anilines is 2. The van der Waals surface area contributed by atoms with E-state index in [1.165, 1.54) is 18.2 Å². The first kappa shape index (κ1) is 32.7. The van der Waals surface area contributed by atoms with Gasteiger partial charge in [0.05, 0.1) is 22.5 Å². The van der Waals surface area contributed by atoms with Crippen LogP contribution < -0.4 is 10.6 Å². The Kier molecular flexibility index (Phi) is 8.15. The lowest BCUT2D eigenvalue weighted by molar-refractivity contribution is -0.138. The average Bonchev–Trinajstić information content (AvgIpc) is 3.48. The normalized spacial score (nSPS) is 22.9. The number of nitrogens with one attached hydrogen (secondary N) is 2. The zero-order valence-corrected chi connectivity index (χ0v) is 26.1. The van der Waals surface area contributed by atoms with Crippen molar-refractivity contribution in [3.05, 3.63) is 113 Å². The van der Waals surface area contributed by atoms with E-state index in [0.717, 1.165) is 86.3 Å². The molecule has 0 saturated heterocycles. The molecule has 8 rings (SSSR count). The highest BCUT2D eigenvalue weighted by molar-refractivity contribution is 6.28. The summed E-state index contributed by atoms with van der Waals surface area (Å²) in [6, 6.07) is 17.3. The molecule has 0 spiro atoms. The van der Waals surface area contributed by atoms with Gasteiger partial charge in [-0.25, -0.2) is 4.68 Å². The van der Waals surface area contributed by atoms with Crippen LogP contribution in [0, 0.1) is 17.8 Å². The van der Waals surface area contributed by atoms with Gasteiger partial charge >= 0.3 is 12.4 Å². The van der Waals surface area contributed by atoms with Crippen molar-refractivity contribution in [1.29, 1.82) is 0 Å². The van der Waals surface area contributed by atoms with Crippen LogP contribution in [0.4, 0.5) is 37.7 Å². The molecule has 6 nitrogen and oxygen atoms in total. The molecule has 1 heterocycles. The lowest BCUT2D eigenvalue weighted by Crippen LogP contribution is -2.49. The fraction of sp³-hybridized carbons (Fsp3) is 0.324. The third-order valence-corrected chi connectivity index (χ3v) is 9.99. The van der Waals surface area contributed by atoms with E-state index in [9.17, 15) is 35.9 Å². The third kappa shape index (κ3) is 6.73.